The van der Waals surface area contributed by atoms with Gasteiger partial charge >= 0.3 is 5.97 Å². The summed E-state index contributed by atoms with van der Waals surface area (Å²) >= 11 is 0. The van der Waals surface area contributed by atoms with E-state index >= 15 is 0 Å². The van der Waals surface area contributed by atoms with E-state index < -0.39 is 34.8 Å². The monoisotopic (exact) mass is 449 g/mol. The van der Waals surface area contributed by atoms with Crippen LogP contribution in [0.4, 0.5) is 0 Å². The number of nitrogens with one attached hydrogen (secondary N) is 1. The van der Waals surface area contributed by atoms with Crippen molar-refractivity contribution >= 4 is 17.8 Å². The van der Waals surface area contributed by atoms with Gasteiger partial charge in [0, 0.05) is 5.92 Å². The average Bonchev–Trinajstić information content (AvgIpc) is 3.11. The minimum absolute atomic E-state index is 0.0697. The summed E-state index contributed by atoms with van der Waals surface area (Å²) in [5.74, 6) is -2.56. The molecule has 1 saturated carbocycles. The van der Waals surface area contributed by atoms with Crippen molar-refractivity contribution in [3.8, 4) is 11.1 Å². The summed E-state index contributed by atoms with van der Waals surface area (Å²) in [6, 6.07) is 16.2. The number of carbonyl (C=O) groups is 3. The Kier molecular flexibility index (Phi) is 6.01. The van der Waals surface area contributed by atoms with Crippen LogP contribution < -0.4 is 16.8 Å². The van der Waals surface area contributed by atoms with Gasteiger partial charge in [-0.1, -0.05) is 61.4 Å². The SMILES string of the molecule is CC(C)(NC(=O)C1(N)CCCCC1C(=O)OCC1c2ccccc2-c2ccccc21)C(N)=O. The molecule has 2 aliphatic rings. The van der Waals surface area contributed by atoms with Gasteiger partial charge in [0.15, 0.2) is 0 Å². The molecule has 2 unspecified atom stereocenters. The van der Waals surface area contributed by atoms with Crippen molar-refractivity contribution in [2.75, 3.05) is 6.61 Å². The number of ether oxygens (including phenoxy) is 1. The van der Waals surface area contributed by atoms with Crippen molar-refractivity contribution in [1.82, 2.24) is 5.32 Å². The van der Waals surface area contributed by atoms with Crippen LogP contribution in [0.3, 0.4) is 0 Å². The molecule has 4 rings (SSSR count). The number of benzene rings is 2. The lowest BCUT2D eigenvalue weighted by Crippen LogP contribution is -2.66. The summed E-state index contributed by atoms with van der Waals surface area (Å²) in [6.07, 6.45) is 2.29. The molecule has 0 radical (unpaired) electrons. The summed E-state index contributed by atoms with van der Waals surface area (Å²) in [5, 5.41) is 2.63. The zero-order valence-corrected chi connectivity index (χ0v) is 19.1. The fourth-order valence-electron chi connectivity index (χ4n) is 4.96. The van der Waals surface area contributed by atoms with Crippen LogP contribution in [0.2, 0.25) is 0 Å². The maximum Gasteiger partial charge on any atom is 0.311 e. The Hall–Kier alpha value is -3.19. The molecule has 5 N–H and O–H groups in total. The van der Waals surface area contributed by atoms with Crippen LogP contribution in [0.25, 0.3) is 11.1 Å². The molecule has 0 spiro atoms. The Bertz CT molecular complexity index is 1050. The van der Waals surface area contributed by atoms with Crippen molar-refractivity contribution < 1.29 is 19.1 Å². The van der Waals surface area contributed by atoms with E-state index in [9.17, 15) is 14.4 Å². The maximum absolute atomic E-state index is 13.2. The number of esters is 1. The second kappa shape index (κ2) is 8.63. The van der Waals surface area contributed by atoms with Gasteiger partial charge in [-0.15, -0.1) is 0 Å². The van der Waals surface area contributed by atoms with Crippen LogP contribution in [-0.2, 0) is 19.1 Å². The van der Waals surface area contributed by atoms with Crippen LogP contribution in [0.5, 0.6) is 0 Å². The zero-order chi connectivity index (χ0) is 23.8. The van der Waals surface area contributed by atoms with Gasteiger partial charge in [0.05, 0.1) is 5.92 Å². The molecule has 1 fully saturated rings. The summed E-state index contributed by atoms with van der Waals surface area (Å²) in [5.41, 5.74) is 13.7. The highest BCUT2D eigenvalue weighted by Crippen LogP contribution is 2.45. The largest absolute Gasteiger partial charge is 0.464 e. The Balaban J connectivity index is 1.52. The third-order valence-corrected chi connectivity index (χ3v) is 7.06. The number of fused-ring (bicyclic) bond motifs is 3. The number of carbonyl (C=O) groups excluding carboxylic acids is 3. The summed E-state index contributed by atoms with van der Waals surface area (Å²) in [6.45, 7) is 3.21. The Morgan fingerprint density at radius 2 is 1.61 bits per heavy atom. The van der Waals surface area contributed by atoms with Crippen LogP contribution in [-0.4, -0.2) is 35.5 Å². The van der Waals surface area contributed by atoms with Crippen LogP contribution in [0.1, 0.15) is 56.6 Å². The van der Waals surface area contributed by atoms with Gasteiger partial charge in [0.1, 0.15) is 17.7 Å². The van der Waals surface area contributed by atoms with E-state index in [-0.39, 0.29) is 12.5 Å². The third kappa shape index (κ3) is 4.13. The Morgan fingerprint density at radius 1 is 1.03 bits per heavy atom. The van der Waals surface area contributed by atoms with Crippen molar-refractivity contribution in [2.24, 2.45) is 17.4 Å². The standard InChI is InChI=1S/C26H31N3O4/c1-25(2,23(27)31)29-24(32)26(28)14-8-7-13-21(26)22(30)33-15-20-18-11-5-3-9-16(18)17-10-4-6-12-19(17)20/h3-6,9-12,20-21H,7-8,13-15,28H2,1-2H3,(H2,27,31)(H,29,32). The Morgan fingerprint density at radius 3 is 2.18 bits per heavy atom. The first-order valence-corrected chi connectivity index (χ1v) is 11.4. The van der Waals surface area contributed by atoms with E-state index in [1.165, 1.54) is 13.8 Å². The highest BCUT2D eigenvalue weighted by Gasteiger charge is 2.50. The number of rotatable bonds is 6. The van der Waals surface area contributed by atoms with Crippen LogP contribution in [0, 0.1) is 5.92 Å². The molecule has 2 atom stereocenters. The topological polar surface area (TPSA) is 125 Å². The van der Waals surface area contributed by atoms with Gasteiger partial charge < -0.3 is 21.5 Å². The van der Waals surface area contributed by atoms with Gasteiger partial charge in [-0.3, -0.25) is 14.4 Å². The molecule has 174 valence electrons. The van der Waals surface area contributed by atoms with Gasteiger partial charge in [-0.05, 0) is 48.9 Å². The molecule has 2 aliphatic carbocycles. The molecule has 0 saturated heterocycles. The average molecular weight is 450 g/mol. The first kappa shape index (κ1) is 23.0. The van der Waals surface area contributed by atoms with E-state index in [0.717, 1.165) is 28.7 Å². The number of hydrogen-bond acceptors (Lipinski definition) is 5. The maximum atomic E-state index is 13.2. The number of nitrogens with two attached hydrogens (primary N) is 2. The molecule has 0 aliphatic heterocycles. The van der Waals surface area contributed by atoms with Crippen LogP contribution >= 0.6 is 0 Å². The quantitative estimate of drug-likeness (QED) is 0.585. The molecule has 2 aromatic rings. The van der Waals surface area contributed by atoms with E-state index in [2.05, 4.69) is 29.6 Å². The highest BCUT2D eigenvalue weighted by atomic mass is 16.5. The minimum atomic E-state index is -1.45. The van der Waals surface area contributed by atoms with Gasteiger partial charge in [-0.25, -0.2) is 0 Å². The van der Waals surface area contributed by atoms with E-state index in [1.54, 1.807) is 0 Å². The molecule has 7 nitrogen and oxygen atoms in total. The summed E-state index contributed by atoms with van der Waals surface area (Å²) in [4.78, 5) is 38.0. The number of primary amides is 1. The minimum Gasteiger partial charge on any atom is -0.464 e. The number of hydrogen-bond donors (Lipinski definition) is 3. The molecule has 7 heteroatoms. The second-order valence-electron chi connectivity index (χ2n) is 9.64. The molecule has 2 aromatic carbocycles. The first-order chi connectivity index (χ1) is 15.6. The zero-order valence-electron chi connectivity index (χ0n) is 19.1. The molecular formula is C26H31N3O4. The lowest BCUT2D eigenvalue weighted by atomic mass is 9.72. The van der Waals surface area contributed by atoms with E-state index in [4.69, 9.17) is 16.2 Å². The van der Waals surface area contributed by atoms with Crippen molar-refractivity contribution in [3.63, 3.8) is 0 Å². The van der Waals surface area contributed by atoms with Gasteiger partial charge in [0.25, 0.3) is 0 Å². The van der Waals surface area contributed by atoms with Gasteiger partial charge in [-0.2, -0.15) is 0 Å². The predicted molar refractivity (Wildman–Crippen MR) is 125 cm³/mol. The van der Waals surface area contributed by atoms with Crippen LogP contribution in [0.15, 0.2) is 48.5 Å². The van der Waals surface area contributed by atoms with E-state index in [1.807, 2.05) is 24.3 Å². The lowest BCUT2D eigenvalue weighted by molar-refractivity contribution is -0.156. The summed E-state index contributed by atoms with van der Waals surface area (Å²) in [7, 11) is 0. The van der Waals surface area contributed by atoms with Crippen molar-refractivity contribution in [1.29, 1.82) is 0 Å². The van der Waals surface area contributed by atoms with Crippen molar-refractivity contribution in [3.05, 3.63) is 59.7 Å². The molecule has 0 heterocycles. The van der Waals surface area contributed by atoms with E-state index in [0.29, 0.717) is 19.3 Å². The lowest BCUT2D eigenvalue weighted by Gasteiger charge is -2.40. The molecule has 0 bridgehead atoms. The Labute approximate surface area is 193 Å². The molecule has 33 heavy (non-hydrogen) atoms. The summed E-state index contributed by atoms with van der Waals surface area (Å²) < 4.78 is 5.81. The fraction of sp³-hybridized carbons (Fsp3) is 0.423. The number of amides is 2. The second-order valence-corrected chi connectivity index (χ2v) is 9.64. The third-order valence-electron chi connectivity index (χ3n) is 7.06. The normalized spacial score (nSPS) is 22.2. The molecule has 0 aromatic heterocycles. The highest BCUT2D eigenvalue weighted by molar-refractivity contribution is 5.96. The fourth-order valence-corrected chi connectivity index (χ4v) is 4.96. The van der Waals surface area contributed by atoms with Crippen molar-refractivity contribution in [2.45, 2.75) is 56.5 Å². The molecule has 2 amide bonds. The van der Waals surface area contributed by atoms with Gasteiger partial charge in [0.2, 0.25) is 11.8 Å². The molecular weight excluding hydrogens is 418 g/mol. The predicted octanol–water partition coefficient (Wildman–Crippen LogP) is 2.61. The first-order valence-electron chi connectivity index (χ1n) is 11.4. The smallest absolute Gasteiger partial charge is 0.311 e.